The second-order valence-corrected chi connectivity index (χ2v) is 3.85. The Morgan fingerprint density at radius 3 is 2.53 bits per heavy atom. The second kappa shape index (κ2) is 3.56. The topological polar surface area (TPSA) is 53.6 Å². The molecule has 0 saturated heterocycles. The van der Waals surface area contributed by atoms with Crippen LogP contribution in [0, 0.1) is 0 Å². The number of rotatable bonds is 1. The summed E-state index contributed by atoms with van der Waals surface area (Å²) in [4.78, 5) is 0. The molecule has 0 spiro atoms. The van der Waals surface area contributed by atoms with Crippen molar-refractivity contribution in [1.29, 1.82) is 0 Å². The van der Waals surface area contributed by atoms with E-state index in [2.05, 4.69) is 0 Å². The molecule has 3 rings (SSSR count). The Kier molecular flexibility index (Phi) is 2.05. The van der Waals surface area contributed by atoms with Crippen LogP contribution in [0.4, 0.5) is 0 Å². The van der Waals surface area contributed by atoms with Gasteiger partial charge in [0.15, 0.2) is 0 Å². The van der Waals surface area contributed by atoms with Gasteiger partial charge in [0.05, 0.1) is 6.26 Å². The molecule has 0 atom stereocenters. The summed E-state index contributed by atoms with van der Waals surface area (Å²) in [5.74, 6) is 0.0793. The van der Waals surface area contributed by atoms with Crippen LogP contribution in [0.25, 0.3) is 22.1 Å². The fourth-order valence-electron chi connectivity index (χ4n) is 1.93. The van der Waals surface area contributed by atoms with Gasteiger partial charge in [0.1, 0.15) is 17.1 Å². The highest BCUT2D eigenvalue weighted by atomic mass is 16.3. The lowest BCUT2D eigenvalue weighted by atomic mass is 10.0. The first-order chi connectivity index (χ1) is 8.25. The molecular formula is C14H10O3. The maximum absolute atomic E-state index is 9.82. The van der Waals surface area contributed by atoms with Gasteiger partial charge in [-0.05, 0) is 18.2 Å². The second-order valence-electron chi connectivity index (χ2n) is 3.85. The number of hydrogen-bond donors (Lipinski definition) is 2. The minimum atomic E-state index is 0.0385. The van der Waals surface area contributed by atoms with Crippen LogP contribution in [0.5, 0.6) is 11.5 Å². The molecule has 0 aliphatic rings. The van der Waals surface area contributed by atoms with Gasteiger partial charge in [-0.25, -0.2) is 0 Å². The number of para-hydroxylation sites is 1. The summed E-state index contributed by atoms with van der Waals surface area (Å²) in [5, 5.41) is 20.0. The fourth-order valence-corrected chi connectivity index (χ4v) is 1.93. The van der Waals surface area contributed by atoms with E-state index in [0.29, 0.717) is 5.56 Å². The molecule has 17 heavy (non-hydrogen) atoms. The maximum atomic E-state index is 9.82. The molecule has 3 nitrogen and oxygen atoms in total. The maximum Gasteiger partial charge on any atom is 0.134 e. The lowest BCUT2D eigenvalue weighted by molar-refractivity contribution is 0.452. The van der Waals surface area contributed by atoms with Crippen molar-refractivity contribution in [2.75, 3.05) is 0 Å². The molecule has 0 unspecified atom stereocenters. The zero-order chi connectivity index (χ0) is 11.8. The molecule has 0 fully saturated rings. The third-order valence-corrected chi connectivity index (χ3v) is 2.75. The van der Waals surface area contributed by atoms with E-state index in [0.717, 1.165) is 16.5 Å². The lowest BCUT2D eigenvalue weighted by Gasteiger charge is -2.02. The Morgan fingerprint density at radius 1 is 0.882 bits per heavy atom. The van der Waals surface area contributed by atoms with Crippen molar-refractivity contribution < 1.29 is 14.6 Å². The van der Waals surface area contributed by atoms with E-state index in [1.807, 2.05) is 24.3 Å². The Labute approximate surface area is 97.6 Å². The molecule has 1 aromatic heterocycles. The predicted octanol–water partition coefficient (Wildman–Crippen LogP) is 3.51. The first kappa shape index (κ1) is 9.78. The van der Waals surface area contributed by atoms with Crippen molar-refractivity contribution in [3.8, 4) is 22.6 Å². The number of aromatic hydroxyl groups is 2. The predicted molar refractivity (Wildman–Crippen MR) is 65.0 cm³/mol. The normalized spacial score (nSPS) is 10.8. The smallest absolute Gasteiger partial charge is 0.134 e. The van der Waals surface area contributed by atoms with Gasteiger partial charge < -0.3 is 14.6 Å². The summed E-state index contributed by atoms with van der Waals surface area (Å²) in [5.41, 5.74) is 2.24. The van der Waals surface area contributed by atoms with Crippen LogP contribution in [-0.2, 0) is 0 Å². The molecule has 0 bridgehead atoms. The SMILES string of the molecule is Oc1ccc(-c2coc3ccccc23)c(O)c1. The summed E-state index contributed by atoms with van der Waals surface area (Å²) >= 11 is 0. The number of phenols is 2. The van der Waals surface area contributed by atoms with Gasteiger partial charge in [0, 0.05) is 22.6 Å². The van der Waals surface area contributed by atoms with Crippen LogP contribution >= 0.6 is 0 Å². The lowest BCUT2D eigenvalue weighted by Crippen LogP contribution is -1.77. The van der Waals surface area contributed by atoms with Crippen LogP contribution in [0.2, 0.25) is 0 Å². The van der Waals surface area contributed by atoms with Gasteiger partial charge in [0.25, 0.3) is 0 Å². The molecule has 84 valence electrons. The quantitative estimate of drug-likeness (QED) is 0.667. The minimum Gasteiger partial charge on any atom is -0.508 e. The summed E-state index contributed by atoms with van der Waals surface area (Å²) in [7, 11) is 0. The molecular weight excluding hydrogens is 216 g/mol. The first-order valence-corrected chi connectivity index (χ1v) is 5.24. The Morgan fingerprint density at radius 2 is 1.71 bits per heavy atom. The number of fused-ring (bicyclic) bond motifs is 1. The molecule has 0 aliphatic carbocycles. The van der Waals surface area contributed by atoms with E-state index in [1.165, 1.54) is 12.1 Å². The third kappa shape index (κ3) is 1.52. The highest BCUT2D eigenvalue weighted by Crippen LogP contribution is 2.37. The van der Waals surface area contributed by atoms with Gasteiger partial charge in [-0.15, -0.1) is 0 Å². The number of furan rings is 1. The summed E-state index contributed by atoms with van der Waals surface area (Å²) in [6.45, 7) is 0. The average molecular weight is 226 g/mol. The zero-order valence-electron chi connectivity index (χ0n) is 8.92. The summed E-state index contributed by atoms with van der Waals surface area (Å²) in [6.07, 6.45) is 1.61. The van der Waals surface area contributed by atoms with Crippen LogP contribution in [0.3, 0.4) is 0 Å². The van der Waals surface area contributed by atoms with Crippen LogP contribution in [0.15, 0.2) is 53.1 Å². The fraction of sp³-hybridized carbons (Fsp3) is 0. The van der Waals surface area contributed by atoms with Gasteiger partial charge in [-0.1, -0.05) is 18.2 Å². The minimum absolute atomic E-state index is 0.0385. The number of phenolic OH excluding ortho intramolecular Hbond substituents is 2. The monoisotopic (exact) mass is 226 g/mol. The van der Waals surface area contributed by atoms with Crippen LogP contribution < -0.4 is 0 Å². The van der Waals surface area contributed by atoms with E-state index >= 15 is 0 Å². The highest BCUT2D eigenvalue weighted by Gasteiger charge is 2.11. The van der Waals surface area contributed by atoms with Crippen molar-refractivity contribution in [3.05, 3.63) is 48.7 Å². The zero-order valence-corrected chi connectivity index (χ0v) is 8.92. The highest BCUT2D eigenvalue weighted by molar-refractivity contribution is 5.95. The van der Waals surface area contributed by atoms with E-state index in [1.54, 1.807) is 12.3 Å². The molecule has 0 aliphatic heterocycles. The van der Waals surface area contributed by atoms with Gasteiger partial charge in [0.2, 0.25) is 0 Å². The van der Waals surface area contributed by atoms with E-state index in [9.17, 15) is 10.2 Å². The summed E-state index contributed by atoms with van der Waals surface area (Å²) in [6, 6.07) is 12.1. The molecule has 1 heterocycles. The molecule has 2 N–H and O–H groups in total. The Bertz CT molecular complexity index is 683. The Hall–Kier alpha value is -2.42. The number of benzene rings is 2. The van der Waals surface area contributed by atoms with E-state index in [-0.39, 0.29) is 11.5 Å². The molecule has 3 heteroatoms. The first-order valence-electron chi connectivity index (χ1n) is 5.24. The molecule has 0 saturated carbocycles. The third-order valence-electron chi connectivity index (χ3n) is 2.75. The van der Waals surface area contributed by atoms with Crippen LogP contribution in [0.1, 0.15) is 0 Å². The number of hydrogen-bond acceptors (Lipinski definition) is 3. The van der Waals surface area contributed by atoms with Crippen molar-refractivity contribution in [2.45, 2.75) is 0 Å². The van der Waals surface area contributed by atoms with Crippen molar-refractivity contribution >= 4 is 11.0 Å². The van der Waals surface area contributed by atoms with Crippen molar-refractivity contribution in [1.82, 2.24) is 0 Å². The Balaban J connectivity index is 2.27. The van der Waals surface area contributed by atoms with Crippen LogP contribution in [-0.4, -0.2) is 10.2 Å². The molecule has 2 aromatic carbocycles. The van der Waals surface area contributed by atoms with Crippen molar-refractivity contribution in [3.63, 3.8) is 0 Å². The molecule has 0 amide bonds. The standard InChI is InChI=1S/C14H10O3/c15-9-5-6-10(13(16)7-9)12-8-17-14-4-2-1-3-11(12)14/h1-8,15-16H. The van der Waals surface area contributed by atoms with E-state index < -0.39 is 0 Å². The average Bonchev–Trinajstić information content (AvgIpc) is 2.73. The summed E-state index contributed by atoms with van der Waals surface area (Å²) < 4.78 is 5.42. The van der Waals surface area contributed by atoms with Crippen molar-refractivity contribution in [2.24, 2.45) is 0 Å². The largest absolute Gasteiger partial charge is 0.508 e. The molecule has 0 radical (unpaired) electrons. The van der Waals surface area contributed by atoms with Gasteiger partial charge >= 0.3 is 0 Å². The van der Waals surface area contributed by atoms with Gasteiger partial charge in [-0.2, -0.15) is 0 Å². The molecule has 3 aromatic rings. The van der Waals surface area contributed by atoms with Gasteiger partial charge in [-0.3, -0.25) is 0 Å². The van der Waals surface area contributed by atoms with E-state index in [4.69, 9.17) is 4.42 Å².